The summed E-state index contributed by atoms with van der Waals surface area (Å²) in [4.78, 5) is 18.2. The van der Waals surface area contributed by atoms with E-state index in [9.17, 15) is 9.18 Å². The number of hydrogen-bond donors (Lipinski definition) is 1. The van der Waals surface area contributed by atoms with E-state index in [0.717, 1.165) is 50.3 Å². The zero-order chi connectivity index (χ0) is 22.1. The van der Waals surface area contributed by atoms with Crippen molar-refractivity contribution in [2.45, 2.75) is 50.6 Å². The van der Waals surface area contributed by atoms with Crippen molar-refractivity contribution >= 4 is 17.3 Å². The van der Waals surface area contributed by atoms with Crippen molar-refractivity contribution in [3.05, 3.63) is 53.8 Å². The minimum absolute atomic E-state index is 0.0667. The first kappa shape index (κ1) is 21.1. The Morgan fingerprint density at radius 3 is 2.59 bits per heavy atom. The molecule has 32 heavy (non-hydrogen) atoms. The Bertz CT molecular complexity index is 958. The summed E-state index contributed by atoms with van der Waals surface area (Å²) in [6, 6.07) is 13.3. The largest absolute Gasteiger partial charge is 0.497 e. The highest BCUT2D eigenvalue weighted by Crippen LogP contribution is 2.39. The molecule has 6 heteroatoms. The molecule has 2 fully saturated rings. The van der Waals surface area contributed by atoms with E-state index in [1.165, 1.54) is 42.6 Å². The van der Waals surface area contributed by atoms with Gasteiger partial charge in [-0.2, -0.15) is 0 Å². The maximum Gasteiger partial charge on any atom is 0.225 e. The number of anilines is 2. The Labute approximate surface area is 189 Å². The van der Waals surface area contributed by atoms with Crippen molar-refractivity contribution in [2.24, 2.45) is 5.92 Å². The zero-order valence-corrected chi connectivity index (χ0v) is 18.7. The number of rotatable bonds is 4. The summed E-state index contributed by atoms with van der Waals surface area (Å²) < 4.78 is 18.9. The molecule has 2 heterocycles. The number of nitrogens with one attached hydrogen (secondary N) is 1. The number of amides is 1. The molecule has 2 aromatic carbocycles. The third-order valence-corrected chi connectivity index (χ3v) is 7.40. The fraction of sp³-hybridized carbons (Fsp3) is 0.500. The molecule has 2 aromatic rings. The summed E-state index contributed by atoms with van der Waals surface area (Å²) in [5, 5.41) is 3.38. The third kappa shape index (κ3) is 4.15. The number of fused-ring (bicyclic) bond motifs is 3. The quantitative estimate of drug-likeness (QED) is 0.781. The molecule has 170 valence electrons. The molecule has 0 bridgehead atoms. The Kier molecular flexibility index (Phi) is 5.94. The Morgan fingerprint density at radius 1 is 1.06 bits per heavy atom. The molecule has 2 atom stereocenters. The Balaban J connectivity index is 1.43. The van der Waals surface area contributed by atoms with E-state index in [2.05, 4.69) is 27.2 Å². The minimum Gasteiger partial charge on any atom is -0.497 e. The fourth-order valence-corrected chi connectivity index (χ4v) is 5.65. The average Bonchev–Trinajstić information content (AvgIpc) is 2.84. The van der Waals surface area contributed by atoms with Gasteiger partial charge in [0.25, 0.3) is 0 Å². The lowest BCUT2D eigenvalue weighted by Crippen LogP contribution is -2.61. The number of piperazine rings is 1. The number of nitrogens with zero attached hydrogens (tertiary/aromatic N) is 2. The van der Waals surface area contributed by atoms with Crippen LogP contribution in [0.4, 0.5) is 15.8 Å². The number of methoxy groups -OCH3 is 1. The Hall–Kier alpha value is -2.76. The van der Waals surface area contributed by atoms with Gasteiger partial charge in [-0.05, 0) is 55.2 Å². The van der Waals surface area contributed by atoms with E-state index in [1.807, 2.05) is 18.2 Å². The number of carbonyl (C=O) groups excluding carboxylic acids is 1. The van der Waals surface area contributed by atoms with Crippen LogP contribution < -0.4 is 19.9 Å². The molecule has 0 spiro atoms. The highest BCUT2D eigenvalue weighted by atomic mass is 19.1. The van der Waals surface area contributed by atoms with Gasteiger partial charge in [0, 0.05) is 43.1 Å². The van der Waals surface area contributed by atoms with Crippen molar-refractivity contribution < 1.29 is 13.9 Å². The molecule has 1 N–H and O–H groups in total. The van der Waals surface area contributed by atoms with E-state index >= 15 is 0 Å². The van der Waals surface area contributed by atoms with Gasteiger partial charge in [0.05, 0.1) is 19.1 Å². The first-order chi connectivity index (χ1) is 15.6. The van der Waals surface area contributed by atoms with Crippen LogP contribution in [-0.2, 0) is 11.2 Å². The molecule has 0 aromatic heterocycles. The van der Waals surface area contributed by atoms with Crippen LogP contribution in [0.5, 0.6) is 5.75 Å². The smallest absolute Gasteiger partial charge is 0.225 e. The second-order valence-electron chi connectivity index (χ2n) is 9.33. The van der Waals surface area contributed by atoms with Gasteiger partial charge in [0.2, 0.25) is 5.91 Å². The van der Waals surface area contributed by atoms with Crippen LogP contribution in [0.15, 0.2) is 42.5 Å². The van der Waals surface area contributed by atoms with Crippen LogP contribution in [0.3, 0.4) is 0 Å². The summed E-state index contributed by atoms with van der Waals surface area (Å²) in [6.45, 7) is 2.39. The molecule has 5 rings (SSSR count). The van der Waals surface area contributed by atoms with E-state index in [0.29, 0.717) is 6.04 Å². The second-order valence-corrected chi connectivity index (χ2v) is 9.33. The summed E-state index contributed by atoms with van der Waals surface area (Å²) in [7, 11) is 1.69. The summed E-state index contributed by atoms with van der Waals surface area (Å²) >= 11 is 0. The molecule has 2 aliphatic heterocycles. The van der Waals surface area contributed by atoms with E-state index in [1.54, 1.807) is 7.11 Å². The molecule has 1 saturated carbocycles. The number of ether oxygens (including phenoxy) is 1. The van der Waals surface area contributed by atoms with Crippen LogP contribution in [0.2, 0.25) is 0 Å². The minimum atomic E-state index is -0.226. The average molecular weight is 438 g/mol. The monoisotopic (exact) mass is 437 g/mol. The normalized spacial score (nSPS) is 23.3. The van der Waals surface area contributed by atoms with Gasteiger partial charge < -0.3 is 19.9 Å². The molecule has 0 unspecified atom stereocenters. The van der Waals surface area contributed by atoms with Crippen molar-refractivity contribution in [1.29, 1.82) is 0 Å². The van der Waals surface area contributed by atoms with Crippen molar-refractivity contribution in [3.8, 4) is 5.75 Å². The lowest BCUT2D eigenvalue weighted by molar-refractivity contribution is -0.126. The predicted molar refractivity (Wildman–Crippen MR) is 125 cm³/mol. The van der Waals surface area contributed by atoms with Crippen LogP contribution in [-0.4, -0.2) is 44.7 Å². The number of benzene rings is 2. The molecule has 1 saturated heterocycles. The highest BCUT2D eigenvalue weighted by Gasteiger charge is 2.42. The lowest BCUT2D eigenvalue weighted by Gasteiger charge is -2.50. The second kappa shape index (κ2) is 9.00. The van der Waals surface area contributed by atoms with Crippen LogP contribution in [0.1, 0.15) is 37.7 Å². The number of carbonyl (C=O) groups is 1. The van der Waals surface area contributed by atoms with Crippen molar-refractivity contribution in [1.82, 2.24) is 5.32 Å². The van der Waals surface area contributed by atoms with Gasteiger partial charge >= 0.3 is 0 Å². The summed E-state index contributed by atoms with van der Waals surface area (Å²) in [5.41, 5.74) is 3.39. The van der Waals surface area contributed by atoms with E-state index in [-0.39, 0.29) is 23.7 Å². The molecular weight excluding hydrogens is 405 g/mol. The molecule has 3 aliphatic rings. The van der Waals surface area contributed by atoms with E-state index in [4.69, 9.17) is 4.74 Å². The molecular formula is C26H32FN3O2. The predicted octanol–water partition coefficient (Wildman–Crippen LogP) is 4.15. The maximum absolute atomic E-state index is 13.5. The van der Waals surface area contributed by atoms with Gasteiger partial charge in [-0.25, -0.2) is 4.39 Å². The number of hydrogen-bond acceptors (Lipinski definition) is 4. The lowest BCUT2D eigenvalue weighted by atomic mass is 9.82. The van der Waals surface area contributed by atoms with Crippen LogP contribution in [0.25, 0.3) is 0 Å². The van der Waals surface area contributed by atoms with Crippen LogP contribution in [0, 0.1) is 11.7 Å². The summed E-state index contributed by atoms with van der Waals surface area (Å²) in [6.07, 6.45) is 6.58. The maximum atomic E-state index is 13.5. The SMILES string of the molecule is COc1ccc2c(c1)N1CCN(c3ccc(F)cc3)C[C@H]1[C@@H](C(=O)NC1CCCCC1)C2. The topological polar surface area (TPSA) is 44.8 Å². The first-order valence-electron chi connectivity index (χ1n) is 11.9. The van der Waals surface area contributed by atoms with Gasteiger partial charge in [0.15, 0.2) is 0 Å². The van der Waals surface area contributed by atoms with Crippen LogP contribution >= 0.6 is 0 Å². The zero-order valence-electron chi connectivity index (χ0n) is 18.7. The van der Waals surface area contributed by atoms with Gasteiger partial charge in [0.1, 0.15) is 11.6 Å². The number of halogens is 1. The highest BCUT2D eigenvalue weighted by molar-refractivity contribution is 5.83. The molecule has 1 aliphatic carbocycles. The standard InChI is InChI=1S/C26H32FN3O2/c1-32-22-12-7-18-15-23(26(31)28-20-5-3-2-4-6-20)25-17-29(13-14-30(25)24(18)16-22)21-10-8-19(27)9-11-21/h7-12,16,20,23,25H,2-6,13-15,17H2,1H3,(H,28,31)/t23-,25-/m0/s1. The van der Waals surface area contributed by atoms with Crippen molar-refractivity contribution in [2.75, 3.05) is 36.5 Å². The van der Waals surface area contributed by atoms with E-state index < -0.39 is 0 Å². The van der Waals surface area contributed by atoms with Gasteiger partial charge in [-0.3, -0.25) is 4.79 Å². The third-order valence-electron chi connectivity index (χ3n) is 7.40. The molecule has 0 radical (unpaired) electrons. The van der Waals surface area contributed by atoms with Crippen molar-refractivity contribution in [3.63, 3.8) is 0 Å². The van der Waals surface area contributed by atoms with Gasteiger partial charge in [-0.15, -0.1) is 0 Å². The molecule has 1 amide bonds. The summed E-state index contributed by atoms with van der Waals surface area (Å²) in [5.74, 6) is 0.680. The Morgan fingerprint density at radius 2 is 1.84 bits per heavy atom. The molecule has 5 nitrogen and oxygen atoms in total. The first-order valence-corrected chi connectivity index (χ1v) is 11.9. The van der Waals surface area contributed by atoms with Gasteiger partial charge in [-0.1, -0.05) is 25.3 Å². The fourth-order valence-electron chi connectivity index (χ4n) is 5.65.